The second-order valence-corrected chi connectivity index (χ2v) is 6.86. The van der Waals surface area contributed by atoms with E-state index in [0.29, 0.717) is 5.65 Å². The molecule has 1 N–H and O–H groups in total. The van der Waals surface area contributed by atoms with Crippen LogP contribution < -0.4 is 5.32 Å². The summed E-state index contributed by atoms with van der Waals surface area (Å²) >= 11 is 0. The summed E-state index contributed by atoms with van der Waals surface area (Å²) in [6.07, 6.45) is 10.7. The van der Waals surface area contributed by atoms with Crippen molar-refractivity contribution in [3.05, 3.63) is 54.4 Å². The van der Waals surface area contributed by atoms with Crippen molar-refractivity contribution in [2.75, 3.05) is 0 Å². The number of nitrogens with one attached hydrogen (secondary N) is 1. The molecule has 0 aliphatic rings. The quantitative estimate of drug-likeness (QED) is 0.571. The molecule has 4 aromatic rings. The Morgan fingerprint density at radius 2 is 2.07 bits per heavy atom. The van der Waals surface area contributed by atoms with Crippen LogP contribution in [0.5, 0.6) is 0 Å². The summed E-state index contributed by atoms with van der Waals surface area (Å²) in [4.78, 5) is 26.0. The van der Waals surface area contributed by atoms with Gasteiger partial charge in [0.1, 0.15) is 12.0 Å². The maximum atomic E-state index is 12.7. The van der Waals surface area contributed by atoms with Crippen molar-refractivity contribution >= 4 is 17.2 Å². The molecular formula is C20H18N6O. The second kappa shape index (κ2) is 5.95. The molecule has 4 rings (SSSR count). The fourth-order valence-corrected chi connectivity index (χ4v) is 2.95. The van der Waals surface area contributed by atoms with Crippen molar-refractivity contribution in [3.63, 3.8) is 0 Å². The molecule has 0 radical (unpaired) electrons. The highest BCUT2D eigenvalue weighted by molar-refractivity contribution is 5.98. The number of carbonyl (C=O) groups excluding carboxylic acids is 1. The minimum Gasteiger partial charge on any atom is -0.335 e. The smallest absolute Gasteiger partial charge is 0.274 e. The first-order chi connectivity index (χ1) is 12.9. The van der Waals surface area contributed by atoms with Crippen LogP contribution >= 0.6 is 0 Å². The molecule has 4 heterocycles. The number of carbonyl (C=O) groups is 1. The summed E-state index contributed by atoms with van der Waals surface area (Å²) in [5, 5.41) is 2.80. The van der Waals surface area contributed by atoms with Gasteiger partial charge in [0.2, 0.25) is 0 Å². The normalized spacial score (nSPS) is 11.6. The number of imidazole rings is 2. The molecule has 0 atom stereocenters. The van der Waals surface area contributed by atoms with Crippen LogP contribution in [0.15, 0.2) is 43.0 Å². The van der Waals surface area contributed by atoms with Crippen molar-refractivity contribution in [2.24, 2.45) is 0 Å². The number of aryl methyl sites for hydroxylation is 1. The van der Waals surface area contributed by atoms with E-state index in [0.717, 1.165) is 22.7 Å². The highest BCUT2D eigenvalue weighted by Gasteiger charge is 2.23. The van der Waals surface area contributed by atoms with Crippen LogP contribution in [0.1, 0.15) is 30.0 Å². The first kappa shape index (κ1) is 16.8. The Hall–Kier alpha value is -3.66. The summed E-state index contributed by atoms with van der Waals surface area (Å²) in [5.41, 5.74) is 3.29. The van der Waals surface area contributed by atoms with Crippen LogP contribution in [0.2, 0.25) is 0 Å². The van der Waals surface area contributed by atoms with Gasteiger partial charge < -0.3 is 5.32 Å². The molecule has 27 heavy (non-hydrogen) atoms. The minimum atomic E-state index is -0.776. The van der Waals surface area contributed by atoms with Crippen molar-refractivity contribution in [1.82, 2.24) is 29.1 Å². The lowest BCUT2D eigenvalue weighted by atomic mass is 10.1. The fourth-order valence-electron chi connectivity index (χ4n) is 2.95. The monoisotopic (exact) mass is 358 g/mol. The predicted molar refractivity (Wildman–Crippen MR) is 102 cm³/mol. The molecule has 0 fully saturated rings. The number of nitrogens with zero attached hydrogens (tertiary/aromatic N) is 5. The van der Waals surface area contributed by atoms with E-state index in [1.807, 2.05) is 41.8 Å². The Kier molecular flexibility index (Phi) is 3.70. The Morgan fingerprint density at radius 1 is 1.26 bits per heavy atom. The zero-order chi connectivity index (χ0) is 19.2. The molecule has 0 aromatic carbocycles. The maximum Gasteiger partial charge on any atom is 0.274 e. The first-order valence-corrected chi connectivity index (χ1v) is 8.47. The van der Waals surface area contributed by atoms with Crippen LogP contribution in [0.4, 0.5) is 0 Å². The average Bonchev–Trinajstić information content (AvgIpc) is 3.27. The zero-order valence-corrected chi connectivity index (χ0v) is 15.3. The first-order valence-electron chi connectivity index (χ1n) is 8.47. The van der Waals surface area contributed by atoms with E-state index in [1.165, 1.54) is 0 Å². The predicted octanol–water partition coefficient (Wildman–Crippen LogP) is 2.49. The summed E-state index contributed by atoms with van der Waals surface area (Å²) < 4.78 is 3.74. The van der Waals surface area contributed by atoms with E-state index < -0.39 is 5.54 Å². The van der Waals surface area contributed by atoms with Crippen molar-refractivity contribution in [1.29, 1.82) is 0 Å². The van der Waals surface area contributed by atoms with E-state index in [2.05, 4.69) is 21.2 Å². The van der Waals surface area contributed by atoms with Gasteiger partial charge in [0.15, 0.2) is 11.3 Å². The maximum absolute atomic E-state index is 12.7. The zero-order valence-electron chi connectivity index (χ0n) is 15.3. The molecule has 134 valence electrons. The van der Waals surface area contributed by atoms with Crippen molar-refractivity contribution < 1.29 is 4.79 Å². The van der Waals surface area contributed by atoms with Gasteiger partial charge >= 0.3 is 0 Å². The summed E-state index contributed by atoms with van der Waals surface area (Å²) in [6.45, 7) is 5.46. The van der Waals surface area contributed by atoms with Gasteiger partial charge in [0, 0.05) is 18.1 Å². The van der Waals surface area contributed by atoms with E-state index in [-0.39, 0.29) is 11.6 Å². The number of pyridine rings is 1. The van der Waals surface area contributed by atoms with Crippen molar-refractivity contribution in [2.45, 2.75) is 26.3 Å². The molecular weight excluding hydrogens is 340 g/mol. The molecule has 7 heteroatoms. The topological polar surface area (TPSA) is 76.6 Å². The molecule has 0 saturated carbocycles. The van der Waals surface area contributed by atoms with Gasteiger partial charge in [-0.2, -0.15) is 0 Å². The van der Waals surface area contributed by atoms with Gasteiger partial charge in [-0.15, -0.1) is 6.42 Å². The van der Waals surface area contributed by atoms with Gasteiger partial charge in [-0.25, -0.2) is 15.0 Å². The third kappa shape index (κ3) is 2.81. The molecule has 0 unspecified atom stereocenters. The van der Waals surface area contributed by atoms with Gasteiger partial charge in [0.25, 0.3) is 5.91 Å². The van der Waals surface area contributed by atoms with Gasteiger partial charge in [-0.3, -0.25) is 13.6 Å². The van der Waals surface area contributed by atoms with E-state index in [1.54, 1.807) is 30.8 Å². The Morgan fingerprint density at radius 3 is 2.85 bits per heavy atom. The molecule has 4 aromatic heterocycles. The number of aromatic nitrogens is 5. The molecule has 0 bridgehead atoms. The standard InChI is InChI=1S/C20H18N6O/c1-5-20(3,4)24-19(27)17-18-23-14(11-13(2)26(18)12-22-17)15-7-6-8-16-21-9-10-25(15)16/h1,6-12H,2-4H3,(H,24,27). The van der Waals surface area contributed by atoms with Gasteiger partial charge in [-0.1, -0.05) is 12.0 Å². The summed E-state index contributed by atoms with van der Waals surface area (Å²) in [6, 6.07) is 7.77. The van der Waals surface area contributed by atoms with Crippen LogP contribution in [0.3, 0.4) is 0 Å². The molecule has 1 amide bonds. The highest BCUT2D eigenvalue weighted by atomic mass is 16.2. The SMILES string of the molecule is C#CC(C)(C)NC(=O)c1ncn2c(C)cc(-c3cccc4nccn34)nc12. The number of terminal acetylenes is 1. The third-order valence-electron chi connectivity index (χ3n) is 4.39. The van der Waals surface area contributed by atoms with Crippen molar-refractivity contribution in [3.8, 4) is 23.7 Å². The molecule has 0 aliphatic carbocycles. The largest absolute Gasteiger partial charge is 0.335 e. The number of amides is 1. The van der Waals surface area contributed by atoms with E-state index in [9.17, 15) is 4.79 Å². The highest BCUT2D eigenvalue weighted by Crippen LogP contribution is 2.22. The Balaban J connectivity index is 1.87. The number of hydrogen-bond donors (Lipinski definition) is 1. The summed E-state index contributed by atoms with van der Waals surface area (Å²) in [5.74, 6) is 2.19. The number of rotatable bonds is 3. The van der Waals surface area contributed by atoms with Crippen LogP contribution in [-0.2, 0) is 0 Å². The lowest BCUT2D eigenvalue weighted by molar-refractivity contribution is 0.0927. The lowest BCUT2D eigenvalue weighted by Gasteiger charge is -2.18. The lowest BCUT2D eigenvalue weighted by Crippen LogP contribution is -2.42. The van der Waals surface area contributed by atoms with Crippen LogP contribution in [0.25, 0.3) is 22.7 Å². The molecule has 0 spiro atoms. The van der Waals surface area contributed by atoms with Gasteiger partial charge in [0.05, 0.1) is 16.9 Å². The number of fused-ring (bicyclic) bond motifs is 2. The van der Waals surface area contributed by atoms with Crippen LogP contribution in [0, 0.1) is 19.3 Å². The Labute approximate surface area is 156 Å². The van der Waals surface area contributed by atoms with E-state index >= 15 is 0 Å². The minimum absolute atomic E-state index is 0.237. The molecule has 7 nitrogen and oxygen atoms in total. The number of hydrogen-bond acceptors (Lipinski definition) is 4. The average molecular weight is 358 g/mol. The molecule has 0 aliphatic heterocycles. The fraction of sp³-hybridized carbons (Fsp3) is 0.200. The van der Waals surface area contributed by atoms with Gasteiger partial charge in [-0.05, 0) is 39.0 Å². The third-order valence-corrected chi connectivity index (χ3v) is 4.39. The second-order valence-electron chi connectivity index (χ2n) is 6.86. The summed E-state index contributed by atoms with van der Waals surface area (Å²) in [7, 11) is 0. The molecule has 0 saturated heterocycles. The van der Waals surface area contributed by atoms with E-state index in [4.69, 9.17) is 11.4 Å². The Bertz CT molecular complexity index is 1220. The van der Waals surface area contributed by atoms with Crippen LogP contribution in [-0.4, -0.2) is 35.2 Å².